The number of nitrogens with zero attached hydrogens (tertiary/aromatic N) is 4. The SMILES string of the molecule is S=C1N[C@@H](c2ccccn2)[C@H](c2cccn2Cc2ccccn2)N1c1ccc(Cl)cc1. The van der Waals surface area contributed by atoms with E-state index in [9.17, 15) is 0 Å². The number of thiocarbonyl (C=S) groups is 1. The van der Waals surface area contributed by atoms with Crippen LogP contribution in [0.3, 0.4) is 0 Å². The largest absolute Gasteiger partial charge is 0.351 e. The summed E-state index contributed by atoms with van der Waals surface area (Å²) in [7, 11) is 0. The fourth-order valence-corrected chi connectivity index (χ4v) is 4.51. The van der Waals surface area contributed by atoms with Gasteiger partial charge in [0, 0.05) is 35.0 Å². The summed E-state index contributed by atoms with van der Waals surface area (Å²) in [5, 5.41) is 4.85. The molecule has 154 valence electrons. The van der Waals surface area contributed by atoms with Crippen LogP contribution in [0.1, 0.15) is 29.2 Å². The Bertz CT molecular complexity index is 1180. The highest BCUT2D eigenvalue weighted by Gasteiger charge is 2.42. The van der Waals surface area contributed by atoms with Crippen molar-refractivity contribution in [3.63, 3.8) is 0 Å². The molecule has 0 unspecified atom stereocenters. The number of benzene rings is 1. The molecule has 1 aromatic carbocycles. The first kappa shape index (κ1) is 19.7. The number of hydrogen-bond acceptors (Lipinski definition) is 3. The van der Waals surface area contributed by atoms with Gasteiger partial charge in [-0.2, -0.15) is 0 Å². The molecule has 5 rings (SSSR count). The lowest BCUT2D eigenvalue weighted by atomic mass is 10.0. The summed E-state index contributed by atoms with van der Waals surface area (Å²) in [6, 6.07) is 23.7. The summed E-state index contributed by atoms with van der Waals surface area (Å²) in [5.74, 6) is 0. The van der Waals surface area contributed by atoms with Crippen molar-refractivity contribution in [3.8, 4) is 0 Å². The van der Waals surface area contributed by atoms with Crippen molar-refractivity contribution >= 4 is 34.6 Å². The highest BCUT2D eigenvalue weighted by molar-refractivity contribution is 7.80. The molecule has 1 fully saturated rings. The quantitative estimate of drug-likeness (QED) is 0.430. The summed E-state index contributed by atoms with van der Waals surface area (Å²) < 4.78 is 2.22. The van der Waals surface area contributed by atoms with Crippen LogP contribution in [0.15, 0.2) is 91.4 Å². The van der Waals surface area contributed by atoms with Gasteiger partial charge in [0.1, 0.15) is 6.04 Å². The molecule has 0 spiro atoms. The Hall–Kier alpha value is -3.22. The summed E-state index contributed by atoms with van der Waals surface area (Å²) in [4.78, 5) is 11.3. The Morgan fingerprint density at radius 3 is 2.39 bits per heavy atom. The Kier molecular flexibility index (Phi) is 5.40. The average Bonchev–Trinajstić information content (AvgIpc) is 3.39. The maximum Gasteiger partial charge on any atom is 0.174 e. The Balaban J connectivity index is 1.60. The molecule has 7 heteroatoms. The number of nitrogens with one attached hydrogen (secondary N) is 1. The van der Waals surface area contributed by atoms with Crippen molar-refractivity contribution in [2.24, 2.45) is 0 Å². The molecule has 0 saturated carbocycles. The third-order valence-corrected chi connectivity index (χ3v) is 6.00. The molecule has 0 bridgehead atoms. The maximum atomic E-state index is 6.14. The second-order valence-corrected chi connectivity index (χ2v) is 8.18. The van der Waals surface area contributed by atoms with Gasteiger partial charge in [-0.25, -0.2) is 0 Å². The molecular weight excluding hydrogens is 426 g/mol. The van der Waals surface area contributed by atoms with Gasteiger partial charge in [0.25, 0.3) is 0 Å². The molecule has 2 atom stereocenters. The van der Waals surface area contributed by atoms with E-state index < -0.39 is 0 Å². The lowest BCUT2D eigenvalue weighted by Crippen LogP contribution is -2.30. The number of aromatic nitrogens is 3. The molecule has 1 aliphatic heterocycles. The number of pyridine rings is 2. The second-order valence-electron chi connectivity index (χ2n) is 7.36. The first-order valence-corrected chi connectivity index (χ1v) is 10.8. The lowest BCUT2D eigenvalue weighted by molar-refractivity contribution is 0.532. The molecule has 1 aliphatic rings. The van der Waals surface area contributed by atoms with Crippen LogP contribution >= 0.6 is 23.8 Å². The van der Waals surface area contributed by atoms with Crippen molar-refractivity contribution in [2.45, 2.75) is 18.6 Å². The Morgan fingerprint density at radius 2 is 1.68 bits per heavy atom. The van der Waals surface area contributed by atoms with E-state index in [2.05, 4.69) is 43.1 Å². The van der Waals surface area contributed by atoms with E-state index in [-0.39, 0.29) is 12.1 Å². The van der Waals surface area contributed by atoms with Crippen LogP contribution in [0.25, 0.3) is 0 Å². The zero-order chi connectivity index (χ0) is 21.2. The predicted octanol–water partition coefficient (Wildman–Crippen LogP) is 5.16. The molecular formula is C24H20ClN5S. The molecule has 0 radical (unpaired) electrons. The standard InChI is InChI=1S/C24H20ClN5S/c25-17-9-11-19(12-10-17)30-23(22(28-24(30)31)20-7-2-4-14-27-20)21-8-5-15-29(21)16-18-6-1-3-13-26-18/h1-15,22-23H,16H2,(H,28,31)/t22-,23-/m0/s1. The molecule has 4 aromatic rings. The van der Waals surface area contributed by atoms with Crippen molar-refractivity contribution < 1.29 is 0 Å². The van der Waals surface area contributed by atoms with Gasteiger partial charge in [0.05, 0.1) is 24.0 Å². The molecule has 0 aliphatic carbocycles. The van der Waals surface area contributed by atoms with E-state index >= 15 is 0 Å². The molecule has 1 N–H and O–H groups in total. The third-order valence-electron chi connectivity index (χ3n) is 5.43. The van der Waals surface area contributed by atoms with Crippen LogP contribution in [-0.2, 0) is 6.54 Å². The third kappa shape index (κ3) is 3.92. The minimum Gasteiger partial charge on any atom is -0.351 e. The van der Waals surface area contributed by atoms with Crippen molar-refractivity contribution in [3.05, 3.63) is 113 Å². The summed E-state index contributed by atoms with van der Waals surface area (Å²) >= 11 is 11.9. The van der Waals surface area contributed by atoms with Gasteiger partial charge in [-0.1, -0.05) is 23.7 Å². The lowest BCUT2D eigenvalue weighted by Gasteiger charge is -2.29. The highest BCUT2D eigenvalue weighted by atomic mass is 35.5. The fourth-order valence-electron chi connectivity index (χ4n) is 4.04. The molecule has 0 amide bonds. The van der Waals surface area contributed by atoms with Crippen LogP contribution in [0, 0.1) is 0 Å². The first-order valence-electron chi connectivity index (χ1n) is 10.0. The van der Waals surface area contributed by atoms with Gasteiger partial charge in [0.15, 0.2) is 5.11 Å². The van der Waals surface area contributed by atoms with Gasteiger partial charge in [-0.3, -0.25) is 9.97 Å². The molecule has 3 aromatic heterocycles. The molecule has 4 heterocycles. The molecule has 1 saturated heterocycles. The highest BCUT2D eigenvalue weighted by Crippen LogP contribution is 2.41. The normalized spacial score (nSPS) is 18.2. The first-order chi connectivity index (χ1) is 15.2. The second kappa shape index (κ2) is 8.49. The monoisotopic (exact) mass is 445 g/mol. The van der Waals surface area contributed by atoms with Crippen molar-refractivity contribution in [1.29, 1.82) is 0 Å². The van der Waals surface area contributed by atoms with Crippen LogP contribution in [0.5, 0.6) is 0 Å². The predicted molar refractivity (Wildman–Crippen MR) is 127 cm³/mol. The van der Waals surface area contributed by atoms with Crippen LogP contribution in [-0.4, -0.2) is 19.6 Å². The number of halogens is 1. The number of hydrogen-bond donors (Lipinski definition) is 1. The smallest absolute Gasteiger partial charge is 0.174 e. The van der Waals surface area contributed by atoms with Crippen LogP contribution in [0.4, 0.5) is 5.69 Å². The van der Waals surface area contributed by atoms with Gasteiger partial charge in [0.2, 0.25) is 0 Å². The number of rotatable bonds is 5. The Labute approximate surface area is 191 Å². The summed E-state index contributed by atoms with van der Waals surface area (Å²) in [5.41, 5.74) is 4.05. The average molecular weight is 446 g/mol. The molecule has 31 heavy (non-hydrogen) atoms. The maximum absolute atomic E-state index is 6.14. The van der Waals surface area contributed by atoms with Gasteiger partial charge in [-0.05, 0) is 72.9 Å². The van der Waals surface area contributed by atoms with E-state index in [0.717, 1.165) is 22.8 Å². The van der Waals surface area contributed by atoms with Gasteiger partial charge < -0.3 is 14.8 Å². The van der Waals surface area contributed by atoms with Crippen LogP contribution < -0.4 is 10.2 Å². The van der Waals surface area contributed by atoms with Gasteiger partial charge >= 0.3 is 0 Å². The summed E-state index contributed by atoms with van der Waals surface area (Å²) in [6.07, 6.45) is 5.72. The van der Waals surface area contributed by atoms with E-state index in [1.54, 1.807) is 0 Å². The number of anilines is 1. The van der Waals surface area contributed by atoms with E-state index in [1.807, 2.05) is 73.1 Å². The van der Waals surface area contributed by atoms with Crippen molar-refractivity contribution in [1.82, 2.24) is 19.9 Å². The minimum absolute atomic E-state index is 0.0812. The van der Waals surface area contributed by atoms with Crippen LogP contribution in [0.2, 0.25) is 5.02 Å². The topological polar surface area (TPSA) is 46.0 Å². The van der Waals surface area contributed by atoms with E-state index in [1.165, 1.54) is 0 Å². The zero-order valence-corrected chi connectivity index (χ0v) is 18.2. The van der Waals surface area contributed by atoms with Crippen molar-refractivity contribution in [2.75, 3.05) is 4.90 Å². The zero-order valence-electron chi connectivity index (χ0n) is 16.6. The fraction of sp³-hybridized carbons (Fsp3) is 0.125. The molecule has 5 nitrogen and oxygen atoms in total. The van der Waals surface area contributed by atoms with E-state index in [0.29, 0.717) is 16.7 Å². The Morgan fingerprint density at radius 1 is 0.903 bits per heavy atom. The summed E-state index contributed by atoms with van der Waals surface area (Å²) in [6.45, 7) is 0.676. The van der Waals surface area contributed by atoms with E-state index in [4.69, 9.17) is 23.8 Å². The minimum atomic E-state index is -0.0956. The van der Waals surface area contributed by atoms with Gasteiger partial charge in [-0.15, -0.1) is 0 Å².